The molecule has 0 bridgehead atoms. The van der Waals surface area contributed by atoms with E-state index in [4.69, 9.17) is 16.3 Å². The number of rotatable bonds is 11. The van der Waals surface area contributed by atoms with Gasteiger partial charge in [0, 0.05) is 27.8 Å². The number of hydrogen-bond acceptors (Lipinski definition) is 6. The first-order valence-electron chi connectivity index (χ1n) is 15.2. The van der Waals surface area contributed by atoms with Crippen molar-refractivity contribution in [2.45, 2.75) is 16.3 Å². The van der Waals surface area contributed by atoms with Crippen molar-refractivity contribution in [3.63, 3.8) is 0 Å². The standard InChI is InChI=1S/C38H29ClF3N3O5S/c1-50-33-22-28(46)17-15-25(33)19-32(45-35(47)24-11-6-3-7-12-24)36(48)43-27-13-8-14-29(21-27)51-34(23-9-4-2-5-10-23)37(49)44-31-20-26(38(40,41)42)16-18-30(31)39/h2-22,34,46H,1H3,(H,43,48)(H,44,49)(H,45,47)/b32-19+. The zero-order valence-electron chi connectivity index (χ0n) is 26.7. The maximum Gasteiger partial charge on any atom is 0.416 e. The number of halogens is 4. The summed E-state index contributed by atoms with van der Waals surface area (Å²) >= 11 is 7.26. The normalized spacial score (nSPS) is 12.1. The van der Waals surface area contributed by atoms with Gasteiger partial charge in [0.25, 0.3) is 11.8 Å². The van der Waals surface area contributed by atoms with Crippen molar-refractivity contribution in [1.29, 1.82) is 0 Å². The smallest absolute Gasteiger partial charge is 0.416 e. The number of phenols is 1. The highest BCUT2D eigenvalue weighted by Crippen LogP contribution is 2.39. The van der Waals surface area contributed by atoms with E-state index >= 15 is 0 Å². The fourth-order valence-corrected chi connectivity index (χ4v) is 6.04. The number of hydrogen-bond donors (Lipinski definition) is 4. The van der Waals surface area contributed by atoms with Gasteiger partial charge in [-0.25, -0.2) is 0 Å². The van der Waals surface area contributed by atoms with E-state index in [-0.39, 0.29) is 27.9 Å². The molecule has 13 heteroatoms. The van der Waals surface area contributed by atoms with Gasteiger partial charge in [0.1, 0.15) is 22.4 Å². The number of nitrogens with one attached hydrogen (secondary N) is 3. The van der Waals surface area contributed by atoms with Crippen LogP contribution in [0.2, 0.25) is 5.02 Å². The minimum atomic E-state index is -4.64. The van der Waals surface area contributed by atoms with Crippen LogP contribution in [0.15, 0.2) is 132 Å². The van der Waals surface area contributed by atoms with Crippen molar-refractivity contribution in [1.82, 2.24) is 5.32 Å². The molecule has 0 saturated carbocycles. The van der Waals surface area contributed by atoms with Crippen LogP contribution in [0.3, 0.4) is 0 Å². The van der Waals surface area contributed by atoms with Gasteiger partial charge < -0.3 is 25.8 Å². The second-order valence-corrected chi connectivity index (χ2v) is 12.5. The number of carbonyl (C=O) groups is 3. The Bertz CT molecular complexity index is 2080. The third kappa shape index (κ3) is 9.71. The molecule has 4 N–H and O–H groups in total. The van der Waals surface area contributed by atoms with Crippen molar-refractivity contribution in [2.24, 2.45) is 0 Å². The second kappa shape index (κ2) is 16.3. The lowest BCUT2D eigenvalue weighted by atomic mass is 10.1. The molecule has 0 saturated heterocycles. The monoisotopic (exact) mass is 731 g/mol. The number of benzene rings is 5. The lowest BCUT2D eigenvalue weighted by Gasteiger charge is -2.19. The Morgan fingerprint density at radius 3 is 2.24 bits per heavy atom. The number of phenolic OH excluding ortho intramolecular Hbond substituents is 1. The number of methoxy groups -OCH3 is 1. The molecule has 5 aromatic rings. The largest absolute Gasteiger partial charge is 0.508 e. The highest BCUT2D eigenvalue weighted by molar-refractivity contribution is 8.00. The number of aromatic hydroxyl groups is 1. The molecule has 0 aliphatic carbocycles. The average molecular weight is 732 g/mol. The van der Waals surface area contributed by atoms with E-state index in [2.05, 4.69) is 16.0 Å². The Labute approximate surface area is 300 Å². The number of alkyl halides is 3. The summed E-state index contributed by atoms with van der Waals surface area (Å²) in [7, 11) is 1.40. The van der Waals surface area contributed by atoms with Crippen LogP contribution >= 0.6 is 23.4 Å². The van der Waals surface area contributed by atoms with Crippen molar-refractivity contribution < 1.29 is 37.4 Å². The van der Waals surface area contributed by atoms with Gasteiger partial charge >= 0.3 is 6.18 Å². The topological polar surface area (TPSA) is 117 Å². The van der Waals surface area contributed by atoms with Gasteiger partial charge in [-0.3, -0.25) is 14.4 Å². The Balaban J connectivity index is 1.41. The van der Waals surface area contributed by atoms with E-state index < -0.39 is 34.7 Å². The minimum absolute atomic E-state index is 0.0574. The summed E-state index contributed by atoms with van der Waals surface area (Å²) in [5.41, 5.74) is 0.294. The molecule has 8 nitrogen and oxygen atoms in total. The maximum absolute atomic E-state index is 13.7. The van der Waals surface area contributed by atoms with Crippen LogP contribution in [0.4, 0.5) is 24.5 Å². The zero-order valence-corrected chi connectivity index (χ0v) is 28.3. The van der Waals surface area contributed by atoms with E-state index in [0.717, 1.165) is 30.0 Å². The van der Waals surface area contributed by atoms with Crippen LogP contribution in [0, 0.1) is 0 Å². The molecule has 0 aliphatic heterocycles. The Morgan fingerprint density at radius 1 is 0.843 bits per heavy atom. The molecule has 51 heavy (non-hydrogen) atoms. The SMILES string of the molecule is COc1cc(O)ccc1/C=C(/NC(=O)c1ccccc1)C(=O)Nc1cccc(SC(C(=O)Nc2cc(C(F)(F)F)ccc2Cl)c2ccccc2)c1. The molecule has 0 aliphatic rings. The summed E-state index contributed by atoms with van der Waals surface area (Å²) in [6, 6.07) is 30.5. The molecule has 1 unspecified atom stereocenters. The highest BCUT2D eigenvalue weighted by Gasteiger charge is 2.32. The van der Waals surface area contributed by atoms with Crippen molar-refractivity contribution >= 4 is 58.5 Å². The van der Waals surface area contributed by atoms with Crippen molar-refractivity contribution in [3.05, 3.63) is 154 Å². The van der Waals surface area contributed by atoms with Crippen LogP contribution in [0.5, 0.6) is 11.5 Å². The molecule has 3 amide bonds. The summed E-state index contributed by atoms with van der Waals surface area (Å²) in [6.07, 6.45) is -3.24. The van der Waals surface area contributed by atoms with E-state index in [1.54, 1.807) is 84.9 Å². The van der Waals surface area contributed by atoms with E-state index in [9.17, 15) is 32.7 Å². The van der Waals surface area contributed by atoms with Gasteiger partial charge in [-0.2, -0.15) is 13.2 Å². The van der Waals surface area contributed by atoms with E-state index in [1.807, 2.05) is 0 Å². The zero-order chi connectivity index (χ0) is 36.5. The van der Waals surface area contributed by atoms with Crippen LogP contribution < -0.4 is 20.7 Å². The summed E-state index contributed by atoms with van der Waals surface area (Å²) in [5.74, 6) is -1.66. The Hall–Kier alpha value is -5.72. The summed E-state index contributed by atoms with van der Waals surface area (Å²) in [6.45, 7) is 0. The molecule has 5 rings (SSSR count). The third-order valence-corrected chi connectivity index (χ3v) is 8.86. The van der Waals surface area contributed by atoms with Crippen LogP contribution in [0.1, 0.15) is 32.3 Å². The Kier molecular flexibility index (Phi) is 11.7. The fraction of sp³-hybridized carbons (Fsp3) is 0.0789. The molecule has 260 valence electrons. The van der Waals surface area contributed by atoms with Gasteiger partial charge in [0.15, 0.2) is 0 Å². The predicted molar refractivity (Wildman–Crippen MR) is 192 cm³/mol. The quantitative estimate of drug-likeness (QED) is 0.0797. The fourth-order valence-electron chi connectivity index (χ4n) is 4.80. The van der Waals surface area contributed by atoms with E-state index in [1.165, 1.54) is 31.4 Å². The molecular formula is C38H29ClF3N3O5S. The minimum Gasteiger partial charge on any atom is -0.508 e. The third-order valence-electron chi connectivity index (χ3n) is 7.28. The molecular weight excluding hydrogens is 703 g/mol. The van der Waals surface area contributed by atoms with Gasteiger partial charge in [-0.1, -0.05) is 66.2 Å². The second-order valence-electron chi connectivity index (χ2n) is 10.9. The van der Waals surface area contributed by atoms with Gasteiger partial charge in [-0.05, 0) is 72.3 Å². The number of anilines is 2. The molecule has 1 atom stereocenters. The van der Waals surface area contributed by atoms with Crippen LogP contribution in [-0.2, 0) is 15.8 Å². The van der Waals surface area contributed by atoms with E-state index in [0.29, 0.717) is 27.3 Å². The summed E-state index contributed by atoms with van der Waals surface area (Å²) < 4.78 is 45.5. The molecule has 5 aromatic carbocycles. The van der Waals surface area contributed by atoms with Crippen LogP contribution in [-0.4, -0.2) is 29.9 Å². The van der Waals surface area contributed by atoms with Crippen molar-refractivity contribution in [3.8, 4) is 11.5 Å². The van der Waals surface area contributed by atoms with Gasteiger partial charge in [0.05, 0.1) is 23.4 Å². The number of ether oxygens (including phenoxy) is 1. The predicted octanol–water partition coefficient (Wildman–Crippen LogP) is 8.95. The lowest BCUT2D eigenvalue weighted by molar-refractivity contribution is -0.137. The number of amides is 3. The molecule has 0 radical (unpaired) electrons. The first-order chi connectivity index (χ1) is 24.4. The highest BCUT2D eigenvalue weighted by atomic mass is 35.5. The Morgan fingerprint density at radius 2 is 1.55 bits per heavy atom. The number of thioether (sulfide) groups is 1. The molecule has 0 spiro atoms. The van der Waals surface area contributed by atoms with Crippen LogP contribution in [0.25, 0.3) is 6.08 Å². The average Bonchev–Trinajstić information content (AvgIpc) is 3.12. The summed E-state index contributed by atoms with van der Waals surface area (Å²) in [5, 5.41) is 16.8. The maximum atomic E-state index is 13.7. The lowest BCUT2D eigenvalue weighted by Crippen LogP contribution is -2.30. The summed E-state index contributed by atoms with van der Waals surface area (Å²) in [4.78, 5) is 41.0. The molecule has 0 fully saturated rings. The number of carbonyl (C=O) groups excluding carboxylic acids is 3. The molecule has 0 heterocycles. The van der Waals surface area contributed by atoms with Gasteiger partial charge in [0.2, 0.25) is 5.91 Å². The van der Waals surface area contributed by atoms with Gasteiger partial charge in [-0.15, -0.1) is 11.8 Å². The first-order valence-corrected chi connectivity index (χ1v) is 16.4. The first kappa shape index (κ1) is 36.6. The van der Waals surface area contributed by atoms with Crippen molar-refractivity contribution in [2.75, 3.05) is 17.7 Å². The molecule has 0 aromatic heterocycles.